The number of nitrogens with zero attached hydrogens (tertiary/aromatic N) is 2. The molecule has 0 aliphatic heterocycles. The zero-order valence-corrected chi connectivity index (χ0v) is 10.6. The molecule has 1 amide bonds. The summed E-state index contributed by atoms with van der Waals surface area (Å²) in [5.41, 5.74) is 4.85. The van der Waals surface area contributed by atoms with Crippen molar-refractivity contribution in [3.05, 3.63) is 23.6 Å². The Hall–Kier alpha value is -2.18. The zero-order valence-electron chi connectivity index (χ0n) is 10.6. The number of aromatic carboxylic acids is 1. The first-order valence-corrected chi connectivity index (χ1v) is 5.87. The van der Waals surface area contributed by atoms with Crippen LogP contribution < -0.4 is 10.6 Å². The second-order valence-corrected chi connectivity index (χ2v) is 4.07. The molecule has 3 N–H and O–H groups in total. The third-order valence-electron chi connectivity index (χ3n) is 2.49. The van der Waals surface area contributed by atoms with Gasteiger partial charge in [-0.05, 0) is 12.5 Å². The van der Waals surface area contributed by atoms with Crippen LogP contribution in [0.25, 0.3) is 0 Å². The molecule has 0 radical (unpaired) electrons. The van der Waals surface area contributed by atoms with Gasteiger partial charge in [0.15, 0.2) is 0 Å². The molecule has 0 fully saturated rings. The van der Waals surface area contributed by atoms with Gasteiger partial charge in [0.05, 0.1) is 12.7 Å². The Bertz CT molecular complexity index is 479. The molecule has 0 atom stereocenters. The summed E-state index contributed by atoms with van der Waals surface area (Å²) in [5.74, 6) is -2.58. The summed E-state index contributed by atoms with van der Waals surface area (Å²) >= 11 is 0. The first kappa shape index (κ1) is 14.9. The summed E-state index contributed by atoms with van der Waals surface area (Å²) in [7, 11) is 0. The van der Waals surface area contributed by atoms with Crippen molar-refractivity contribution in [1.29, 1.82) is 0 Å². The lowest BCUT2D eigenvalue weighted by molar-refractivity contribution is -0.116. The number of halogens is 1. The van der Waals surface area contributed by atoms with Gasteiger partial charge in [-0.1, -0.05) is 13.3 Å². The van der Waals surface area contributed by atoms with E-state index >= 15 is 0 Å². The summed E-state index contributed by atoms with van der Waals surface area (Å²) in [6, 6.07) is 0.880. The van der Waals surface area contributed by atoms with Crippen molar-refractivity contribution in [2.75, 3.05) is 18.0 Å². The smallest absolute Gasteiger partial charge is 0.339 e. The van der Waals surface area contributed by atoms with Gasteiger partial charge in [0.2, 0.25) is 5.91 Å². The highest BCUT2D eigenvalue weighted by Crippen LogP contribution is 2.19. The van der Waals surface area contributed by atoms with E-state index in [0.29, 0.717) is 6.54 Å². The molecule has 0 unspecified atom stereocenters. The molecule has 7 heteroatoms. The molecule has 0 aliphatic rings. The van der Waals surface area contributed by atoms with Crippen molar-refractivity contribution in [2.24, 2.45) is 5.73 Å². The second kappa shape index (κ2) is 6.67. The standard InChI is InChI=1S/C12H16FN3O3/c1-2-3-4-16(7-10(14)17)11-9(12(18)19)5-8(13)6-15-11/h5-6H,2-4,7H2,1H3,(H2,14,17)(H,18,19). The first-order chi connectivity index (χ1) is 8.95. The van der Waals surface area contributed by atoms with Crippen LogP contribution in [0.4, 0.5) is 10.2 Å². The Labute approximate surface area is 110 Å². The van der Waals surface area contributed by atoms with E-state index in [1.54, 1.807) is 0 Å². The average molecular weight is 269 g/mol. The number of unbranched alkanes of at least 4 members (excludes halogenated alkanes) is 1. The average Bonchev–Trinajstić information content (AvgIpc) is 2.34. The lowest BCUT2D eigenvalue weighted by Gasteiger charge is -2.23. The van der Waals surface area contributed by atoms with E-state index in [9.17, 15) is 14.0 Å². The molecule has 0 bridgehead atoms. The molecule has 0 spiro atoms. The third-order valence-corrected chi connectivity index (χ3v) is 2.49. The minimum atomic E-state index is -1.30. The number of nitrogens with two attached hydrogens (primary N) is 1. The van der Waals surface area contributed by atoms with Gasteiger partial charge in [-0.2, -0.15) is 0 Å². The molecule has 19 heavy (non-hydrogen) atoms. The molecule has 0 aromatic carbocycles. The predicted octanol–water partition coefficient (Wildman–Crippen LogP) is 1.01. The van der Waals surface area contributed by atoms with E-state index in [1.807, 2.05) is 6.92 Å². The van der Waals surface area contributed by atoms with E-state index in [4.69, 9.17) is 10.8 Å². The number of aromatic nitrogens is 1. The molecule has 0 saturated carbocycles. The fraction of sp³-hybridized carbons (Fsp3) is 0.417. The maximum atomic E-state index is 13.0. The van der Waals surface area contributed by atoms with E-state index in [-0.39, 0.29) is 17.9 Å². The molecular weight excluding hydrogens is 253 g/mol. The monoisotopic (exact) mass is 269 g/mol. The SMILES string of the molecule is CCCCN(CC(N)=O)c1ncc(F)cc1C(=O)O. The van der Waals surface area contributed by atoms with Crippen LogP contribution in [-0.4, -0.2) is 35.1 Å². The molecule has 1 aromatic rings. The number of hydrogen-bond donors (Lipinski definition) is 2. The number of rotatable bonds is 7. The fourth-order valence-electron chi connectivity index (χ4n) is 1.64. The van der Waals surface area contributed by atoms with E-state index in [0.717, 1.165) is 25.1 Å². The highest BCUT2D eigenvalue weighted by atomic mass is 19.1. The number of carbonyl (C=O) groups is 2. The van der Waals surface area contributed by atoms with Crippen LogP contribution in [0.2, 0.25) is 0 Å². The van der Waals surface area contributed by atoms with Crippen molar-refractivity contribution in [1.82, 2.24) is 4.98 Å². The van der Waals surface area contributed by atoms with Gasteiger partial charge in [-0.25, -0.2) is 14.2 Å². The minimum absolute atomic E-state index is 0.0566. The van der Waals surface area contributed by atoms with E-state index < -0.39 is 17.7 Å². The number of hydrogen-bond acceptors (Lipinski definition) is 4. The maximum absolute atomic E-state index is 13.0. The molecule has 1 aromatic heterocycles. The van der Waals surface area contributed by atoms with Crippen molar-refractivity contribution >= 4 is 17.7 Å². The minimum Gasteiger partial charge on any atom is -0.478 e. The van der Waals surface area contributed by atoms with Crippen molar-refractivity contribution < 1.29 is 19.1 Å². The quantitative estimate of drug-likeness (QED) is 0.770. The third kappa shape index (κ3) is 4.20. The van der Waals surface area contributed by atoms with E-state index in [2.05, 4.69) is 4.98 Å². The van der Waals surface area contributed by atoms with E-state index in [1.165, 1.54) is 4.90 Å². The number of carboxylic acids is 1. The molecule has 104 valence electrons. The highest BCUT2D eigenvalue weighted by molar-refractivity contribution is 5.94. The van der Waals surface area contributed by atoms with Crippen molar-refractivity contribution in [3.8, 4) is 0 Å². The summed E-state index contributed by atoms with van der Waals surface area (Å²) in [6.45, 7) is 2.23. The second-order valence-electron chi connectivity index (χ2n) is 4.07. The van der Waals surface area contributed by atoms with Gasteiger partial charge >= 0.3 is 5.97 Å². The Balaban J connectivity index is 3.12. The van der Waals surface area contributed by atoms with Crippen LogP contribution in [0, 0.1) is 5.82 Å². The molecule has 0 saturated heterocycles. The summed E-state index contributed by atoms with van der Waals surface area (Å²) in [5, 5.41) is 9.05. The van der Waals surface area contributed by atoms with Gasteiger partial charge in [0.1, 0.15) is 17.2 Å². The lowest BCUT2D eigenvalue weighted by atomic mass is 10.2. The first-order valence-electron chi connectivity index (χ1n) is 5.87. The maximum Gasteiger partial charge on any atom is 0.339 e. The predicted molar refractivity (Wildman–Crippen MR) is 67.5 cm³/mol. The number of anilines is 1. The lowest BCUT2D eigenvalue weighted by Crippen LogP contribution is -2.36. The molecule has 1 rings (SSSR count). The number of amides is 1. The van der Waals surface area contributed by atoms with Gasteiger partial charge in [0, 0.05) is 6.54 Å². The van der Waals surface area contributed by atoms with Gasteiger partial charge in [-0.3, -0.25) is 4.79 Å². The fourth-order valence-corrected chi connectivity index (χ4v) is 1.64. The summed E-state index contributed by atoms with van der Waals surface area (Å²) in [6.07, 6.45) is 2.52. The Morgan fingerprint density at radius 3 is 2.74 bits per heavy atom. The van der Waals surface area contributed by atoms with Crippen LogP contribution in [0.1, 0.15) is 30.1 Å². The van der Waals surface area contributed by atoms with Crippen molar-refractivity contribution in [3.63, 3.8) is 0 Å². The van der Waals surface area contributed by atoms with Crippen LogP contribution >= 0.6 is 0 Å². The Morgan fingerprint density at radius 2 is 2.21 bits per heavy atom. The largest absolute Gasteiger partial charge is 0.478 e. The van der Waals surface area contributed by atoms with Gasteiger partial charge < -0.3 is 15.7 Å². The number of pyridine rings is 1. The van der Waals surface area contributed by atoms with Gasteiger partial charge in [-0.15, -0.1) is 0 Å². The van der Waals surface area contributed by atoms with Crippen LogP contribution in [-0.2, 0) is 4.79 Å². The molecule has 6 nitrogen and oxygen atoms in total. The number of carbonyl (C=O) groups excluding carboxylic acids is 1. The summed E-state index contributed by atoms with van der Waals surface area (Å²) in [4.78, 5) is 27.3. The van der Waals surface area contributed by atoms with Gasteiger partial charge in [0.25, 0.3) is 0 Å². The zero-order chi connectivity index (χ0) is 14.4. The Morgan fingerprint density at radius 1 is 1.53 bits per heavy atom. The summed E-state index contributed by atoms with van der Waals surface area (Å²) < 4.78 is 13.0. The van der Waals surface area contributed by atoms with Crippen molar-refractivity contribution in [2.45, 2.75) is 19.8 Å². The van der Waals surface area contributed by atoms with Crippen LogP contribution in [0.5, 0.6) is 0 Å². The highest BCUT2D eigenvalue weighted by Gasteiger charge is 2.19. The normalized spacial score (nSPS) is 10.2. The molecule has 1 heterocycles. The topological polar surface area (TPSA) is 96.5 Å². The van der Waals surface area contributed by atoms with Crippen LogP contribution in [0.3, 0.4) is 0 Å². The number of primary amides is 1. The molecule has 0 aliphatic carbocycles. The Kier molecular flexibility index (Phi) is 5.23. The number of carboxylic acid groups (broad SMARTS) is 1. The van der Waals surface area contributed by atoms with Crippen LogP contribution in [0.15, 0.2) is 12.3 Å². The molecular formula is C12H16FN3O3.